The second-order valence-electron chi connectivity index (χ2n) is 6.62. The van der Waals surface area contributed by atoms with E-state index in [-0.39, 0.29) is 5.82 Å². The predicted octanol–water partition coefficient (Wildman–Crippen LogP) is 0.586. The van der Waals surface area contributed by atoms with E-state index in [9.17, 15) is 15.3 Å². The van der Waals surface area contributed by atoms with Crippen molar-refractivity contribution in [1.29, 1.82) is 5.26 Å². The molecule has 0 unspecified atom stereocenters. The van der Waals surface area contributed by atoms with Crippen molar-refractivity contribution in [3.05, 3.63) is 6.33 Å². The minimum atomic E-state index is -1.23. The summed E-state index contributed by atoms with van der Waals surface area (Å²) >= 11 is 1.47. The van der Waals surface area contributed by atoms with E-state index < -0.39 is 31.1 Å². The predicted molar refractivity (Wildman–Crippen MR) is 102 cm³/mol. The monoisotopic (exact) mass is 408 g/mol. The van der Waals surface area contributed by atoms with Gasteiger partial charge in [-0.15, -0.1) is 0 Å². The normalized spacial score (nSPS) is 24.6. The maximum Gasteiger partial charge on any atom is 0.191 e. The number of rotatable bonds is 9. The number of aromatic nitrogens is 4. The summed E-state index contributed by atoms with van der Waals surface area (Å²) in [6.07, 6.45) is 1.73. The first kappa shape index (κ1) is 20.8. The molecule has 3 heterocycles. The molecule has 0 aliphatic carbocycles. The van der Waals surface area contributed by atoms with Crippen molar-refractivity contribution < 1.29 is 20.1 Å². The van der Waals surface area contributed by atoms with Crippen molar-refractivity contribution in [3.63, 3.8) is 0 Å². The molecule has 2 aromatic heterocycles. The van der Waals surface area contributed by atoms with Crippen LogP contribution in [0, 0.1) is 11.3 Å². The van der Waals surface area contributed by atoms with Crippen molar-refractivity contribution in [2.45, 2.75) is 61.8 Å². The molecule has 152 valence electrons. The average molecular weight is 408 g/mol. The molecule has 2 aromatic rings. The number of aliphatic hydroxyl groups is 3. The Labute approximate surface area is 166 Å². The lowest BCUT2D eigenvalue weighted by Crippen LogP contribution is -2.33. The van der Waals surface area contributed by atoms with Gasteiger partial charge in [0.05, 0.1) is 19.0 Å². The lowest BCUT2D eigenvalue weighted by atomic mass is 10.1. The number of nitriles is 1. The van der Waals surface area contributed by atoms with Crippen LogP contribution in [0.2, 0.25) is 0 Å². The zero-order valence-electron chi connectivity index (χ0n) is 15.3. The van der Waals surface area contributed by atoms with E-state index in [1.54, 1.807) is 0 Å². The Balaban J connectivity index is 1.70. The highest BCUT2D eigenvalue weighted by Gasteiger charge is 2.44. The molecule has 10 nitrogen and oxygen atoms in total. The van der Waals surface area contributed by atoms with Crippen molar-refractivity contribution in [2.24, 2.45) is 0 Å². The lowest BCUT2D eigenvalue weighted by Gasteiger charge is -2.16. The SMILES string of the molecule is N#CCCCCCCSc1nc(N)c2ncn([C@@H]3O[C@H](CO)[C@@H](O)[C@H]3O)c2n1. The molecule has 1 aliphatic rings. The second kappa shape index (κ2) is 9.49. The quantitative estimate of drug-likeness (QED) is 0.262. The van der Waals surface area contributed by atoms with Gasteiger partial charge in [0.25, 0.3) is 0 Å². The van der Waals surface area contributed by atoms with E-state index in [2.05, 4.69) is 21.0 Å². The summed E-state index contributed by atoms with van der Waals surface area (Å²) in [7, 11) is 0. The Morgan fingerprint density at radius 3 is 2.71 bits per heavy atom. The molecule has 0 radical (unpaired) electrons. The highest BCUT2D eigenvalue weighted by molar-refractivity contribution is 7.99. The van der Waals surface area contributed by atoms with Gasteiger partial charge >= 0.3 is 0 Å². The number of unbranched alkanes of at least 4 members (excludes halogenated alkanes) is 4. The molecule has 5 N–H and O–H groups in total. The van der Waals surface area contributed by atoms with Gasteiger partial charge in [0.1, 0.15) is 23.8 Å². The number of hydrogen-bond acceptors (Lipinski definition) is 10. The zero-order valence-corrected chi connectivity index (χ0v) is 16.1. The molecule has 4 atom stereocenters. The number of anilines is 1. The fourth-order valence-electron chi connectivity index (χ4n) is 3.10. The van der Waals surface area contributed by atoms with Crippen LogP contribution in [0.5, 0.6) is 0 Å². The maximum atomic E-state index is 10.3. The third-order valence-corrected chi connectivity index (χ3v) is 5.57. The largest absolute Gasteiger partial charge is 0.394 e. The van der Waals surface area contributed by atoms with E-state index in [4.69, 9.17) is 15.7 Å². The summed E-state index contributed by atoms with van der Waals surface area (Å²) in [4.78, 5) is 13.0. The molecule has 1 saturated heterocycles. The molecule has 1 aliphatic heterocycles. The minimum Gasteiger partial charge on any atom is -0.394 e. The molecule has 0 saturated carbocycles. The number of fused-ring (bicyclic) bond motifs is 1. The average Bonchev–Trinajstić information content (AvgIpc) is 3.23. The lowest BCUT2D eigenvalue weighted by molar-refractivity contribution is -0.0511. The van der Waals surface area contributed by atoms with E-state index in [0.29, 0.717) is 22.7 Å². The van der Waals surface area contributed by atoms with Crippen LogP contribution in [0.1, 0.15) is 38.3 Å². The number of hydrogen-bond donors (Lipinski definition) is 4. The standard InChI is InChI=1S/C17H24N6O4S/c18-6-4-2-1-3-5-7-28-17-21-14(19)11-15(22-17)23(9-20-11)16-13(26)12(25)10(8-24)27-16/h9-10,12-13,16,24-26H,1-5,7-8H2,(H2,19,21,22)/t10-,12-,13-,16-/m1/s1. The van der Waals surface area contributed by atoms with Gasteiger partial charge in [0, 0.05) is 12.2 Å². The van der Waals surface area contributed by atoms with Gasteiger partial charge in [-0.2, -0.15) is 5.26 Å². The van der Waals surface area contributed by atoms with Crippen LogP contribution in [0.25, 0.3) is 11.2 Å². The van der Waals surface area contributed by atoms with Crippen molar-refractivity contribution in [3.8, 4) is 6.07 Å². The number of imidazole rings is 1. The number of nitrogen functional groups attached to an aromatic ring is 1. The molecule has 0 spiro atoms. The molecule has 11 heteroatoms. The van der Waals surface area contributed by atoms with E-state index >= 15 is 0 Å². The Hall–Kier alpha value is -1.97. The van der Waals surface area contributed by atoms with E-state index in [1.807, 2.05) is 0 Å². The van der Waals surface area contributed by atoms with Gasteiger partial charge in [-0.1, -0.05) is 24.6 Å². The van der Waals surface area contributed by atoms with Crippen LogP contribution in [-0.2, 0) is 4.74 Å². The van der Waals surface area contributed by atoms with Gasteiger partial charge in [-0.25, -0.2) is 15.0 Å². The Morgan fingerprint density at radius 1 is 1.21 bits per heavy atom. The number of ether oxygens (including phenoxy) is 1. The number of aliphatic hydroxyl groups excluding tert-OH is 3. The molecule has 0 amide bonds. The molecule has 1 fully saturated rings. The summed E-state index contributed by atoms with van der Waals surface area (Å²) in [5.41, 5.74) is 6.80. The molecule has 3 rings (SSSR count). The van der Waals surface area contributed by atoms with Crippen LogP contribution in [-0.4, -0.2) is 65.5 Å². The minimum absolute atomic E-state index is 0.229. The van der Waals surface area contributed by atoms with Crippen LogP contribution < -0.4 is 5.73 Å². The third kappa shape index (κ3) is 4.37. The summed E-state index contributed by atoms with van der Waals surface area (Å²) in [5, 5.41) is 38.5. The van der Waals surface area contributed by atoms with Gasteiger partial charge in [-0.3, -0.25) is 4.57 Å². The first-order valence-corrected chi connectivity index (χ1v) is 10.2. The van der Waals surface area contributed by atoms with E-state index in [1.165, 1.54) is 22.7 Å². The number of thioether (sulfide) groups is 1. The number of nitrogens with zero attached hydrogens (tertiary/aromatic N) is 5. The third-order valence-electron chi connectivity index (χ3n) is 4.63. The second-order valence-corrected chi connectivity index (χ2v) is 7.68. The Kier molecular flexibility index (Phi) is 7.03. The Morgan fingerprint density at radius 2 is 2.00 bits per heavy atom. The Bertz CT molecular complexity index is 841. The highest BCUT2D eigenvalue weighted by atomic mass is 32.2. The zero-order chi connectivity index (χ0) is 20.1. The molecular formula is C17H24N6O4S. The van der Waals surface area contributed by atoms with E-state index in [0.717, 1.165) is 31.4 Å². The maximum absolute atomic E-state index is 10.3. The highest BCUT2D eigenvalue weighted by Crippen LogP contribution is 2.32. The fourth-order valence-corrected chi connectivity index (χ4v) is 3.95. The first-order chi connectivity index (χ1) is 13.6. The molecule has 0 aromatic carbocycles. The van der Waals surface area contributed by atoms with Gasteiger partial charge in [-0.05, 0) is 12.8 Å². The summed E-state index contributed by atoms with van der Waals surface area (Å²) < 4.78 is 7.06. The summed E-state index contributed by atoms with van der Waals surface area (Å²) in [6, 6.07) is 2.14. The van der Waals surface area contributed by atoms with Crippen LogP contribution in [0.15, 0.2) is 11.5 Å². The summed E-state index contributed by atoms with van der Waals surface area (Å²) in [5.74, 6) is 1.05. The summed E-state index contributed by atoms with van der Waals surface area (Å²) in [6.45, 7) is -0.409. The van der Waals surface area contributed by atoms with Gasteiger partial charge in [0.15, 0.2) is 22.8 Å². The van der Waals surface area contributed by atoms with Gasteiger partial charge < -0.3 is 25.8 Å². The van der Waals surface area contributed by atoms with Crippen LogP contribution in [0.3, 0.4) is 0 Å². The van der Waals surface area contributed by atoms with Crippen LogP contribution >= 0.6 is 11.8 Å². The topological polar surface area (TPSA) is 163 Å². The fraction of sp³-hybridized carbons (Fsp3) is 0.647. The number of nitrogens with two attached hydrogens (primary N) is 1. The van der Waals surface area contributed by atoms with Crippen LogP contribution in [0.4, 0.5) is 5.82 Å². The molecule has 0 bridgehead atoms. The van der Waals surface area contributed by atoms with Crippen molar-refractivity contribution in [2.75, 3.05) is 18.1 Å². The van der Waals surface area contributed by atoms with Crippen molar-refractivity contribution >= 4 is 28.7 Å². The molecular weight excluding hydrogens is 384 g/mol. The smallest absolute Gasteiger partial charge is 0.191 e. The molecule has 28 heavy (non-hydrogen) atoms. The first-order valence-electron chi connectivity index (χ1n) is 9.19. The van der Waals surface area contributed by atoms with Crippen molar-refractivity contribution in [1.82, 2.24) is 19.5 Å². The van der Waals surface area contributed by atoms with Gasteiger partial charge in [0.2, 0.25) is 0 Å².